The van der Waals surface area contributed by atoms with E-state index in [-0.39, 0.29) is 52.2 Å². The van der Waals surface area contributed by atoms with Crippen molar-refractivity contribution in [2.45, 2.75) is 30.2 Å². The number of rotatable bonds is 5. The van der Waals surface area contributed by atoms with Crippen LogP contribution in [0.4, 0.5) is 4.39 Å². The highest BCUT2D eigenvalue weighted by Gasteiger charge is 2.32. The minimum atomic E-state index is -3.71. The fraction of sp³-hybridized carbons (Fsp3) is 0.231. The van der Waals surface area contributed by atoms with Gasteiger partial charge >= 0.3 is 0 Å². The van der Waals surface area contributed by atoms with Crippen LogP contribution in [0.5, 0.6) is 0 Å². The third kappa shape index (κ3) is 4.26. The smallest absolute Gasteiger partial charge is 0.281 e. The number of fused-ring (bicyclic) bond motifs is 2. The molecule has 0 bridgehead atoms. The van der Waals surface area contributed by atoms with Gasteiger partial charge in [-0.2, -0.15) is 4.31 Å². The van der Waals surface area contributed by atoms with Crippen LogP contribution in [-0.2, 0) is 16.6 Å². The molecule has 1 fully saturated rings. The van der Waals surface area contributed by atoms with Crippen molar-refractivity contribution in [2.24, 2.45) is 0 Å². The lowest BCUT2D eigenvalue weighted by atomic mass is 9.97. The van der Waals surface area contributed by atoms with E-state index in [1.54, 1.807) is 18.2 Å². The van der Waals surface area contributed by atoms with E-state index in [4.69, 9.17) is 11.6 Å². The summed E-state index contributed by atoms with van der Waals surface area (Å²) in [5.74, 6) is -0.245. The second-order valence-electron chi connectivity index (χ2n) is 9.23. The molecule has 1 aliphatic heterocycles. The lowest BCUT2D eigenvalue weighted by Gasteiger charge is -2.31. The summed E-state index contributed by atoms with van der Waals surface area (Å²) in [7, 11) is -3.71. The number of hydrogen-bond acceptors (Lipinski definition) is 6. The standard InChI is InChI=1S/C26H22ClFN6O3S/c27-20-8-4-9-21(28)19(20)15-34-25-23(31-32-34)26(35)30-24(29-25)17-11-13-33(14-12-17)38(36,37)22-10-3-6-16-5-1-2-7-18(16)22/h1-10,17H,11-15H2,(H,29,30,35). The molecule has 0 atom stereocenters. The molecule has 0 spiro atoms. The normalized spacial score (nSPS) is 15.4. The van der Waals surface area contributed by atoms with Crippen LogP contribution in [0.25, 0.3) is 21.9 Å². The first kappa shape index (κ1) is 24.7. The van der Waals surface area contributed by atoms with Crippen molar-refractivity contribution in [3.05, 3.63) is 93.2 Å². The molecule has 0 radical (unpaired) electrons. The van der Waals surface area contributed by atoms with E-state index in [1.165, 1.54) is 21.1 Å². The predicted molar refractivity (Wildman–Crippen MR) is 141 cm³/mol. The zero-order valence-corrected chi connectivity index (χ0v) is 21.6. The van der Waals surface area contributed by atoms with E-state index in [0.29, 0.717) is 24.1 Å². The van der Waals surface area contributed by atoms with Crippen molar-refractivity contribution >= 4 is 43.6 Å². The van der Waals surface area contributed by atoms with E-state index >= 15 is 0 Å². The Morgan fingerprint density at radius 1 is 1.03 bits per heavy atom. The molecule has 3 heterocycles. The van der Waals surface area contributed by atoms with Crippen molar-refractivity contribution in [1.29, 1.82) is 0 Å². The van der Waals surface area contributed by atoms with E-state index in [9.17, 15) is 17.6 Å². The summed E-state index contributed by atoms with van der Waals surface area (Å²) in [6.45, 7) is 0.514. The number of nitrogens with zero attached hydrogens (tertiary/aromatic N) is 5. The number of aromatic amines is 1. The quantitative estimate of drug-likeness (QED) is 0.351. The molecule has 1 aliphatic rings. The average molecular weight is 553 g/mol. The Morgan fingerprint density at radius 2 is 1.76 bits per heavy atom. The maximum Gasteiger partial charge on any atom is 0.281 e. The Bertz CT molecular complexity index is 1820. The van der Waals surface area contributed by atoms with Crippen LogP contribution in [0.2, 0.25) is 5.02 Å². The summed E-state index contributed by atoms with van der Waals surface area (Å²) in [5, 5.41) is 9.69. The summed E-state index contributed by atoms with van der Waals surface area (Å²) >= 11 is 6.17. The molecule has 0 amide bonds. The number of aromatic nitrogens is 5. The minimum absolute atomic E-state index is 0.0391. The highest BCUT2D eigenvalue weighted by Crippen LogP contribution is 2.32. The van der Waals surface area contributed by atoms with Gasteiger partial charge in [0.15, 0.2) is 11.2 Å². The number of sulfonamides is 1. The number of benzene rings is 3. The number of piperidine rings is 1. The molecule has 194 valence electrons. The maximum absolute atomic E-state index is 14.3. The molecule has 1 saturated heterocycles. The molecular formula is C26H22ClFN6O3S. The maximum atomic E-state index is 14.3. The van der Waals surface area contributed by atoms with Crippen LogP contribution in [0.15, 0.2) is 70.4 Å². The molecule has 0 aliphatic carbocycles. The van der Waals surface area contributed by atoms with Crippen molar-refractivity contribution in [1.82, 2.24) is 29.3 Å². The van der Waals surface area contributed by atoms with Gasteiger partial charge in [0.25, 0.3) is 5.56 Å². The van der Waals surface area contributed by atoms with Gasteiger partial charge in [0.1, 0.15) is 11.6 Å². The Balaban J connectivity index is 1.26. The first-order chi connectivity index (χ1) is 18.3. The van der Waals surface area contributed by atoms with E-state index < -0.39 is 21.4 Å². The van der Waals surface area contributed by atoms with Crippen LogP contribution in [0.1, 0.15) is 30.1 Å². The Morgan fingerprint density at radius 3 is 2.55 bits per heavy atom. The van der Waals surface area contributed by atoms with Crippen molar-refractivity contribution in [3.63, 3.8) is 0 Å². The molecule has 3 aromatic carbocycles. The van der Waals surface area contributed by atoms with Gasteiger partial charge < -0.3 is 4.98 Å². The third-order valence-corrected chi connectivity index (χ3v) is 9.28. The number of H-pyrrole nitrogens is 1. The largest absolute Gasteiger partial charge is 0.308 e. The average Bonchev–Trinajstić information content (AvgIpc) is 3.34. The van der Waals surface area contributed by atoms with Crippen LogP contribution in [0, 0.1) is 5.82 Å². The highest BCUT2D eigenvalue weighted by molar-refractivity contribution is 7.89. The van der Waals surface area contributed by atoms with E-state index in [2.05, 4.69) is 20.3 Å². The summed E-state index contributed by atoms with van der Waals surface area (Å²) in [5.41, 5.74) is 0.0179. The van der Waals surface area contributed by atoms with Gasteiger partial charge in [-0.3, -0.25) is 4.79 Å². The molecule has 2 aromatic heterocycles. The Labute approximate surface area is 221 Å². The molecule has 5 aromatic rings. The summed E-state index contributed by atoms with van der Waals surface area (Å²) in [4.78, 5) is 20.4. The monoisotopic (exact) mass is 552 g/mol. The Kier molecular flexibility index (Phi) is 6.21. The van der Waals surface area contributed by atoms with Gasteiger partial charge in [0, 0.05) is 35.0 Å². The molecule has 0 saturated carbocycles. The van der Waals surface area contributed by atoms with Crippen molar-refractivity contribution in [3.8, 4) is 0 Å². The first-order valence-electron chi connectivity index (χ1n) is 12.1. The van der Waals surface area contributed by atoms with Gasteiger partial charge in [-0.05, 0) is 36.4 Å². The summed E-state index contributed by atoms with van der Waals surface area (Å²) in [6, 6.07) is 17.0. The van der Waals surface area contributed by atoms with Crippen LogP contribution in [-0.4, -0.2) is 50.8 Å². The van der Waals surface area contributed by atoms with Gasteiger partial charge in [0.05, 0.1) is 11.4 Å². The SMILES string of the molecule is O=c1[nH]c(C2CCN(S(=O)(=O)c3cccc4ccccc34)CC2)nc2c1nnn2Cc1c(F)cccc1Cl. The highest BCUT2D eigenvalue weighted by atomic mass is 35.5. The van der Waals surface area contributed by atoms with Crippen molar-refractivity contribution in [2.75, 3.05) is 13.1 Å². The molecule has 38 heavy (non-hydrogen) atoms. The number of hydrogen-bond donors (Lipinski definition) is 1. The molecule has 0 unspecified atom stereocenters. The fourth-order valence-electron chi connectivity index (χ4n) is 4.95. The number of halogens is 2. The zero-order valence-electron chi connectivity index (χ0n) is 20.0. The van der Waals surface area contributed by atoms with Gasteiger partial charge in [-0.1, -0.05) is 59.3 Å². The van der Waals surface area contributed by atoms with Crippen molar-refractivity contribution < 1.29 is 12.8 Å². The first-order valence-corrected chi connectivity index (χ1v) is 13.9. The number of nitrogens with one attached hydrogen (secondary N) is 1. The molecular weight excluding hydrogens is 531 g/mol. The summed E-state index contributed by atoms with van der Waals surface area (Å²) in [6.07, 6.45) is 0.943. The topological polar surface area (TPSA) is 114 Å². The molecule has 6 rings (SSSR count). The molecule has 9 nitrogen and oxygen atoms in total. The van der Waals surface area contributed by atoms with E-state index in [1.807, 2.05) is 30.3 Å². The van der Waals surface area contributed by atoms with Crippen LogP contribution >= 0.6 is 11.6 Å². The fourth-order valence-corrected chi connectivity index (χ4v) is 6.85. The third-order valence-electron chi connectivity index (χ3n) is 6.97. The second-order valence-corrected chi connectivity index (χ2v) is 11.5. The zero-order chi connectivity index (χ0) is 26.4. The lowest BCUT2D eigenvalue weighted by molar-refractivity contribution is 0.313. The molecule has 1 N–H and O–H groups in total. The lowest BCUT2D eigenvalue weighted by Crippen LogP contribution is -2.38. The predicted octanol–water partition coefficient (Wildman–Crippen LogP) is 4.08. The van der Waals surface area contributed by atoms with Gasteiger partial charge in [-0.25, -0.2) is 22.5 Å². The van der Waals surface area contributed by atoms with Gasteiger partial charge in [-0.15, -0.1) is 5.10 Å². The summed E-state index contributed by atoms with van der Waals surface area (Å²) < 4.78 is 44.2. The molecule has 12 heteroatoms. The Hall–Kier alpha value is -3.67. The minimum Gasteiger partial charge on any atom is -0.308 e. The van der Waals surface area contributed by atoms with Crippen LogP contribution < -0.4 is 5.56 Å². The van der Waals surface area contributed by atoms with E-state index in [0.717, 1.165) is 5.39 Å². The second kappa shape index (κ2) is 9.57. The van der Waals surface area contributed by atoms with Crippen LogP contribution in [0.3, 0.4) is 0 Å². The van der Waals surface area contributed by atoms with Gasteiger partial charge in [0.2, 0.25) is 10.0 Å².